The van der Waals surface area contributed by atoms with Crippen LogP contribution in [0.4, 0.5) is 0 Å². The number of aliphatic hydroxyl groups excluding tert-OH is 3. The van der Waals surface area contributed by atoms with Crippen LogP contribution in [0.3, 0.4) is 0 Å². The fraction of sp³-hybridized carbons (Fsp3) is 0.571. The van der Waals surface area contributed by atoms with E-state index in [4.69, 9.17) is 0 Å². The SMILES string of the molecule is C[C@@H](NC[C@@H]1C[C@H](O)[C@@H](O)[C@H]1O)c1ccccc1. The largest absolute Gasteiger partial charge is 0.390 e. The van der Waals surface area contributed by atoms with Gasteiger partial charge in [0.15, 0.2) is 0 Å². The number of rotatable bonds is 4. The van der Waals surface area contributed by atoms with Crippen LogP contribution < -0.4 is 5.32 Å². The Bertz CT molecular complexity index is 371. The van der Waals surface area contributed by atoms with E-state index < -0.39 is 18.3 Å². The van der Waals surface area contributed by atoms with Gasteiger partial charge in [-0.1, -0.05) is 30.3 Å². The van der Waals surface area contributed by atoms with Gasteiger partial charge in [-0.25, -0.2) is 0 Å². The van der Waals surface area contributed by atoms with Crippen LogP contribution in [-0.2, 0) is 0 Å². The second-order valence-electron chi connectivity index (χ2n) is 5.08. The van der Waals surface area contributed by atoms with Crippen molar-refractivity contribution in [1.29, 1.82) is 0 Å². The lowest BCUT2D eigenvalue weighted by Crippen LogP contribution is -2.34. The standard InChI is InChI=1S/C14H21NO3/c1-9(10-5-3-2-4-6-10)15-8-11-7-12(16)14(18)13(11)17/h2-6,9,11-18H,7-8H2,1H3/t9-,11+,12+,13+,14-/m1/s1. The molecular formula is C14H21NO3. The minimum atomic E-state index is -1.01. The van der Waals surface area contributed by atoms with Crippen molar-refractivity contribution in [3.05, 3.63) is 35.9 Å². The molecule has 1 aromatic rings. The maximum absolute atomic E-state index is 9.76. The zero-order chi connectivity index (χ0) is 13.1. The third kappa shape index (κ3) is 2.90. The predicted molar refractivity (Wildman–Crippen MR) is 69.0 cm³/mol. The average Bonchev–Trinajstić information content (AvgIpc) is 2.64. The number of hydrogen-bond acceptors (Lipinski definition) is 4. The molecule has 0 saturated heterocycles. The van der Waals surface area contributed by atoms with E-state index >= 15 is 0 Å². The molecule has 0 aliphatic heterocycles. The molecule has 18 heavy (non-hydrogen) atoms. The smallest absolute Gasteiger partial charge is 0.106 e. The number of nitrogens with one attached hydrogen (secondary N) is 1. The Morgan fingerprint density at radius 1 is 1.17 bits per heavy atom. The van der Waals surface area contributed by atoms with Gasteiger partial charge in [0.2, 0.25) is 0 Å². The highest BCUT2D eigenvalue weighted by atomic mass is 16.4. The normalized spacial score (nSPS) is 33.6. The molecule has 0 unspecified atom stereocenters. The van der Waals surface area contributed by atoms with E-state index in [1.165, 1.54) is 5.56 Å². The maximum atomic E-state index is 9.76. The van der Waals surface area contributed by atoms with Gasteiger partial charge in [-0.15, -0.1) is 0 Å². The monoisotopic (exact) mass is 251 g/mol. The number of hydrogen-bond donors (Lipinski definition) is 4. The van der Waals surface area contributed by atoms with Crippen molar-refractivity contribution in [1.82, 2.24) is 5.32 Å². The van der Waals surface area contributed by atoms with Gasteiger partial charge in [0, 0.05) is 18.5 Å². The Labute approximate surface area is 107 Å². The molecule has 1 saturated carbocycles. The summed E-state index contributed by atoms with van der Waals surface area (Å²) < 4.78 is 0. The Hall–Kier alpha value is -0.940. The minimum Gasteiger partial charge on any atom is -0.390 e. The summed E-state index contributed by atoms with van der Waals surface area (Å²) in [5.74, 6) is -0.0961. The molecule has 1 fully saturated rings. The van der Waals surface area contributed by atoms with E-state index in [-0.39, 0.29) is 12.0 Å². The molecule has 1 aliphatic rings. The summed E-state index contributed by atoms with van der Waals surface area (Å²) in [6, 6.07) is 10.2. The van der Waals surface area contributed by atoms with Gasteiger partial charge in [-0.3, -0.25) is 0 Å². The van der Waals surface area contributed by atoms with Crippen LogP contribution >= 0.6 is 0 Å². The van der Waals surface area contributed by atoms with Crippen molar-refractivity contribution in [2.75, 3.05) is 6.54 Å². The summed E-state index contributed by atoms with van der Waals surface area (Å²) in [7, 11) is 0. The van der Waals surface area contributed by atoms with Gasteiger partial charge < -0.3 is 20.6 Å². The molecule has 0 bridgehead atoms. The zero-order valence-corrected chi connectivity index (χ0v) is 10.5. The molecule has 0 radical (unpaired) electrons. The lowest BCUT2D eigenvalue weighted by atomic mass is 10.0. The molecule has 0 heterocycles. The molecule has 4 N–H and O–H groups in total. The Morgan fingerprint density at radius 2 is 1.83 bits per heavy atom. The fourth-order valence-electron chi connectivity index (χ4n) is 2.49. The quantitative estimate of drug-likeness (QED) is 0.626. The summed E-state index contributed by atoms with van der Waals surface area (Å²) >= 11 is 0. The van der Waals surface area contributed by atoms with Crippen LogP contribution in [0.1, 0.15) is 24.9 Å². The van der Waals surface area contributed by atoms with Crippen molar-refractivity contribution in [3.8, 4) is 0 Å². The highest BCUT2D eigenvalue weighted by molar-refractivity contribution is 5.18. The molecule has 100 valence electrons. The van der Waals surface area contributed by atoms with Crippen molar-refractivity contribution >= 4 is 0 Å². The molecule has 5 atom stereocenters. The highest BCUT2D eigenvalue weighted by Gasteiger charge is 2.40. The van der Waals surface area contributed by atoms with E-state index in [0.29, 0.717) is 13.0 Å². The second kappa shape index (κ2) is 5.80. The maximum Gasteiger partial charge on any atom is 0.106 e. The molecule has 0 amide bonds. The molecule has 0 spiro atoms. The van der Waals surface area contributed by atoms with Crippen molar-refractivity contribution in [3.63, 3.8) is 0 Å². The van der Waals surface area contributed by atoms with E-state index in [9.17, 15) is 15.3 Å². The van der Waals surface area contributed by atoms with E-state index in [1.54, 1.807) is 0 Å². The van der Waals surface area contributed by atoms with Gasteiger partial charge >= 0.3 is 0 Å². The van der Waals surface area contributed by atoms with Crippen LogP contribution in [0.15, 0.2) is 30.3 Å². The molecular weight excluding hydrogens is 230 g/mol. The van der Waals surface area contributed by atoms with Gasteiger partial charge in [-0.05, 0) is 18.9 Å². The Balaban J connectivity index is 1.85. The molecule has 2 rings (SSSR count). The van der Waals surface area contributed by atoms with Crippen LogP contribution in [0.2, 0.25) is 0 Å². The first-order valence-electron chi connectivity index (χ1n) is 6.42. The average molecular weight is 251 g/mol. The fourth-order valence-corrected chi connectivity index (χ4v) is 2.49. The molecule has 4 nitrogen and oxygen atoms in total. The summed E-state index contributed by atoms with van der Waals surface area (Å²) in [4.78, 5) is 0. The van der Waals surface area contributed by atoms with Crippen LogP contribution in [0.25, 0.3) is 0 Å². The molecule has 0 aromatic heterocycles. The van der Waals surface area contributed by atoms with Crippen molar-refractivity contribution < 1.29 is 15.3 Å². The van der Waals surface area contributed by atoms with E-state index in [0.717, 1.165) is 0 Å². The van der Waals surface area contributed by atoms with E-state index in [1.807, 2.05) is 30.3 Å². The lowest BCUT2D eigenvalue weighted by Gasteiger charge is -2.20. The third-order valence-electron chi connectivity index (χ3n) is 3.76. The Morgan fingerprint density at radius 3 is 2.39 bits per heavy atom. The van der Waals surface area contributed by atoms with E-state index in [2.05, 4.69) is 12.2 Å². The van der Waals surface area contributed by atoms with Crippen LogP contribution in [0.5, 0.6) is 0 Å². The molecule has 4 heteroatoms. The topological polar surface area (TPSA) is 72.7 Å². The molecule has 1 aliphatic carbocycles. The number of aliphatic hydroxyl groups is 3. The zero-order valence-electron chi connectivity index (χ0n) is 10.5. The number of benzene rings is 1. The van der Waals surface area contributed by atoms with Gasteiger partial charge in [0.05, 0.1) is 12.2 Å². The Kier molecular flexibility index (Phi) is 4.35. The predicted octanol–water partition coefficient (Wildman–Crippen LogP) is 0.440. The highest BCUT2D eigenvalue weighted by Crippen LogP contribution is 2.26. The van der Waals surface area contributed by atoms with Gasteiger partial charge in [-0.2, -0.15) is 0 Å². The first kappa shape index (κ1) is 13.5. The van der Waals surface area contributed by atoms with Crippen molar-refractivity contribution in [2.24, 2.45) is 5.92 Å². The summed E-state index contributed by atoms with van der Waals surface area (Å²) in [5, 5.41) is 32.1. The molecule has 1 aromatic carbocycles. The summed E-state index contributed by atoms with van der Waals surface area (Å²) in [6.07, 6.45) is -2.21. The summed E-state index contributed by atoms with van der Waals surface area (Å²) in [5.41, 5.74) is 1.19. The van der Waals surface area contributed by atoms with Crippen molar-refractivity contribution in [2.45, 2.75) is 37.7 Å². The first-order chi connectivity index (χ1) is 8.59. The third-order valence-corrected chi connectivity index (χ3v) is 3.76. The lowest BCUT2D eigenvalue weighted by molar-refractivity contribution is -0.0258. The minimum absolute atomic E-state index is 0.0961. The summed E-state index contributed by atoms with van der Waals surface area (Å²) in [6.45, 7) is 2.65. The van der Waals surface area contributed by atoms with Crippen LogP contribution in [0, 0.1) is 5.92 Å². The second-order valence-corrected chi connectivity index (χ2v) is 5.08. The first-order valence-corrected chi connectivity index (χ1v) is 6.42. The van der Waals surface area contributed by atoms with Crippen LogP contribution in [-0.4, -0.2) is 40.2 Å². The van der Waals surface area contributed by atoms with Gasteiger partial charge in [0.1, 0.15) is 6.10 Å². The van der Waals surface area contributed by atoms with Gasteiger partial charge in [0.25, 0.3) is 0 Å².